The number of benzene rings is 1. The van der Waals surface area contributed by atoms with E-state index in [1.54, 1.807) is 32.9 Å². The van der Waals surface area contributed by atoms with Gasteiger partial charge in [-0.3, -0.25) is 0 Å². The van der Waals surface area contributed by atoms with E-state index in [2.05, 4.69) is 12.2 Å². The summed E-state index contributed by atoms with van der Waals surface area (Å²) in [5, 5.41) is 3.22. The number of esters is 1. The van der Waals surface area contributed by atoms with Gasteiger partial charge in [0.2, 0.25) is 0 Å². The zero-order valence-corrected chi connectivity index (χ0v) is 19.3. The van der Waals surface area contributed by atoms with Crippen molar-refractivity contribution in [3.05, 3.63) is 39.7 Å². The van der Waals surface area contributed by atoms with Gasteiger partial charge in [-0.15, -0.1) is 0 Å². The van der Waals surface area contributed by atoms with Gasteiger partial charge in [-0.2, -0.15) is 0 Å². The Morgan fingerprint density at radius 1 is 1.13 bits per heavy atom. The van der Waals surface area contributed by atoms with Crippen LogP contribution in [0.1, 0.15) is 71.4 Å². The molecule has 1 amide bonds. The number of nitrogens with one attached hydrogen (secondary N) is 1. The molecule has 2 aromatic rings. The molecule has 170 valence electrons. The molecule has 1 atom stereocenters. The summed E-state index contributed by atoms with van der Waals surface area (Å²) in [4.78, 5) is 37.2. The van der Waals surface area contributed by atoms with Gasteiger partial charge in [0, 0.05) is 6.07 Å². The predicted octanol–water partition coefficient (Wildman–Crippen LogP) is 5.04. The number of hydrogen-bond acceptors (Lipinski definition) is 6. The fourth-order valence-electron chi connectivity index (χ4n) is 3.28. The molecule has 0 spiro atoms. The van der Waals surface area contributed by atoms with Crippen molar-refractivity contribution in [3.63, 3.8) is 0 Å². The number of unbranched alkanes of at least 4 members (excludes halogenated alkanes) is 1. The molecule has 0 aliphatic carbocycles. The fourth-order valence-corrected chi connectivity index (χ4v) is 3.28. The van der Waals surface area contributed by atoms with Crippen molar-refractivity contribution in [1.82, 2.24) is 5.32 Å². The Hall–Kier alpha value is -2.83. The van der Waals surface area contributed by atoms with Crippen molar-refractivity contribution in [3.8, 4) is 5.75 Å². The minimum absolute atomic E-state index is 0.321. The second-order valence-electron chi connectivity index (χ2n) is 8.74. The molecule has 0 saturated heterocycles. The SMILES string of the molecule is CCCCc1cc(=O)oc2cc(C)cc(OC(=O)[C@H](CCC)NC(=O)OC(C)(C)C)c12. The highest BCUT2D eigenvalue weighted by atomic mass is 16.6. The number of carbonyl (C=O) groups excluding carboxylic acids is 2. The smallest absolute Gasteiger partial charge is 0.408 e. The topological polar surface area (TPSA) is 94.8 Å². The molecule has 0 bridgehead atoms. The second-order valence-corrected chi connectivity index (χ2v) is 8.74. The van der Waals surface area contributed by atoms with E-state index in [1.807, 2.05) is 13.8 Å². The van der Waals surface area contributed by atoms with Crippen molar-refractivity contribution < 1.29 is 23.5 Å². The van der Waals surface area contributed by atoms with Gasteiger partial charge in [0.1, 0.15) is 23.0 Å². The van der Waals surface area contributed by atoms with Gasteiger partial charge in [0.15, 0.2) is 0 Å². The van der Waals surface area contributed by atoms with Crippen LogP contribution in [0.15, 0.2) is 27.4 Å². The molecule has 0 saturated carbocycles. The minimum atomic E-state index is -0.856. The molecule has 0 radical (unpaired) electrons. The number of ether oxygens (including phenoxy) is 2. The summed E-state index contributed by atoms with van der Waals surface area (Å²) >= 11 is 0. The lowest BCUT2D eigenvalue weighted by Gasteiger charge is -2.23. The van der Waals surface area contributed by atoms with Crippen molar-refractivity contribution in [2.45, 2.75) is 85.3 Å². The van der Waals surface area contributed by atoms with Crippen LogP contribution in [-0.2, 0) is 16.0 Å². The first kappa shape index (κ1) is 24.4. The highest BCUT2D eigenvalue weighted by Gasteiger charge is 2.26. The summed E-state index contributed by atoms with van der Waals surface area (Å²) in [6.07, 6.45) is 2.91. The van der Waals surface area contributed by atoms with Crippen molar-refractivity contribution in [1.29, 1.82) is 0 Å². The lowest BCUT2D eigenvalue weighted by atomic mass is 10.0. The number of rotatable bonds is 8. The van der Waals surface area contributed by atoms with Crippen LogP contribution in [0.2, 0.25) is 0 Å². The molecule has 0 aliphatic heterocycles. The second kappa shape index (κ2) is 10.5. The standard InChI is InChI=1S/C24H33NO6/c1-7-9-11-16-14-20(26)29-18-12-15(3)13-19(21(16)18)30-22(27)17(10-8-2)25-23(28)31-24(4,5)6/h12-14,17H,7-11H2,1-6H3,(H,25,28)/t17-/m0/s1. The molecule has 1 heterocycles. The number of carbonyl (C=O) groups is 2. The predicted molar refractivity (Wildman–Crippen MR) is 120 cm³/mol. The van der Waals surface area contributed by atoms with E-state index in [4.69, 9.17) is 13.9 Å². The molecule has 7 heteroatoms. The first-order valence-corrected chi connectivity index (χ1v) is 10.8. The fraction of sp³-hybridized carbons (Fsp3) is 0.542. The molecule has 1 aromatic carbocycles. The van der Waals surface area contributed by atoms with Gasteiger partial charge < -0.3 is 19.2 Å². The van der Waals surface area contributed by atoms with Crippen molar-refractivity contribution in [2.24, 2.45) is 0 Å². The lowest BCUT2D eigenvalue weighted by molar-refractivity contribution is -0.136. The van der Waals surface area contributed by atoms with E-state index >= 15 is 0 Å². The van der Waals surface area contributed by atoms with Gasteiger partial charge in [-0.05, 0) is 70.2 Å². The zero-order valence-electron chi connectivity index (χ0n) is 19.3. The van der Waals surface area contributed by atoms with Crippen molar-refractivity contribution in [2.75, 3.05) is 0 Å². The van der Waals surface area contributed by atoms with E-state index in [0.29, 0.717) is 36.0 Å². The van der Waals surface area contributed by atoms with E-state index < -0.39 is 29.3 Å². The molecule has 0 unspecified atom stereocenters. The van der Waals surface area contributed by atoms with Crippen LogP contribution in [0, 0.1) is 6.92 Å². The summed E-state index contributed by atoms with van der Waals surface area (Å²) in [5.41, 5.74) is 0.843. The van der Waals surface area contributed by atoms with Crippen LogP contribution >= 0.6 is 0 Å². The number of amides is 1. The zero-order chi connectivity index (χ0) is 23.2. The maximum Gasteiger partial charge on any atom is 0.408 e. The Balaban J connectivity index is 2.38. The first-order valence-electron chi connectivity index (χ1n) is 10.8. The van der Waals surface area contributed by atoms with E-state index in [9.17, 15) is 14.4 Å². The summed E-state index contributed by atoms with van der Waals surface area (Å²) in [7, 11) is 0. The summed E-state index contributed by atoms with van der Waals surface area (Å²) < 4.78 is 16.4. The molecule has 0 aliphatic rings. The van der Waals surface area contributed by atoms with Crippen molar-refractivity contribution >= 4 is 23.0 Å². The molecule has 1 aromatic heterocycles. The molecule has 2 rings (SSSR count). The highest BCUT2D eigenvalue weighted by Crippen LogP contribution is 2.31. The Bertz CT molecular complexity index is 986. The molecule has 7 nitrogen and oxygen atoms in total. The van der Waals surface area contributed by atoms with Gasteiger partial charge in [-0.1, -0.05) is 26.7 Å². The van der Waals surface area contributed by atoms with Gasteiger partial charge in [0.05, 0.1) is 5.39 Å². The molecular weight excluding hydrogens is 398 g/mol. The Kier molecular flexibility index (Phi) is 8.25. The summed E-state index contributed by atoms with van der Waals surface area (Å²) in [5.74, 6) is -0.269. The average molecular weight is 432 g/mol. The number of hydrogen-bond donors (Lipinski definition) is 1. The number of alkyl carbamates (subject to hydrolysis) is 1. The monoisotopic (exact) mass is 431 g/mol. The van der Waals surface area contributed by atoms with Gasteiger partial charge >= 0.3 is 17.7 Å². The molecule has 31 heavy (non-hydrogen) atoms. The number of fused-ring (bicyclic) bond motifs is 1. The lowest BCUT2D eigenvalue weighted by Crippen LogP contribution is -2.45. The van der Waals surface area contributed by atoms with Crippen LogP contribution in [0.5, 0.6) is 5.75 Å². The van der Waals surface area contributed by atoms with E-state index in [0.717, 1.165) is 24.0 Å². The third kappa shape index (κ3) is 7.12. The quantitative estimate of drug-likeness (QED) is 0.357. The molecule has 1 N–H and O–H groups in total. The van der Waals surface area contributed by atoms with E-state index in [1.165, 1.54) is 6.07 Å². The Morgan fingerprint density at radius 3 is 2.45 bits per heavy atom. The summed E-state index contributed by atoms with van der Waals surface area (Å²) in [6, 6.07) is 4.09. The van der Waals surface area contributed by atoms with Gasteiger partial charge in [0.25, 0.3) is 0 Å². The summed E-state index contributed by atoms with van der Waals surface area (Å²) in [6.45, 7) is 11.1. The third-order valence-corrected chi connectivity index (χ3v) is 4.60. The Morgan fingerprint density at radius 2 is 1.84 bits per heavy atom. The number of aryl methyl sites for hydroxylation is 2. The average Bonchev–Trinajstić information content (AvgIpc) is 2.63. The van der Waals surface area contributed by atoms with Crippen LogP contribution in [0.25, 0.3) is 11.0 Å². The van der Waals surface area contributed by atoms with Crippen LogP contribution in [0.4, 0.5) is 4.79 Å². The first-order chi connectivity index (χ1) is 14.5. The normalized spacial score (nSPS) is 12.5. The maximum atomic E-state index is 13.0. The maximum absolute atomic E-state index is 13.0. The molecule has 0 fully saturated rings. The van der Waals surface area contributed by atoms with Gasteiger partial charge in [-0.25, -0.2) is 14.4 Å². The highest BCUT2D eigenvalue weighted by molar-refractivity contribution is 5.91. The van der Waals surface area contributed by atoms with Crippen LogP contribution < -0.4 is 15.7 Å². The molecular formula is C24H33NO6. The minimum Gasteiger partial charge on any atom is -0.444 e. The Labute approximate surface area is 183 Å². The van der Waals surface area contributed by atoms with Crippen LogP contribution in [0.3, 0.4) is 0 Å². The largest absolute Gasteiger partial charge is 0.444 e. The van der Waals surface area contributed by atoms with E-state index in [-0.39, 0.29) is 0 Å². The van der Waals surface area contributed by atoms with Crippen LogP contribution in [-0.4, -0.2) is 23.7 Å². The third-order valence-electron chi connectivity index (χ3n) is 4.60.